The van der Waals surface area contributed by atoms with Crippen LogP contribution in [0.4, 0.5) is 10.1 Å². The van der Waals surface area contributed by atoms with Crippen LogP contribution in [-0.4, -0.2) is 18.3 Å². The molecular formula is C18H18FNO. The second-order valence-electron chi connectivity index (χ2n) is 4.61. The molecule has 0 saturated heterocycles. The summed E-state index contributed by atoms with van der Waals surface area (Å²) in [6, 6.07) is 14.7. The van der Waals surface area contributed by atoms with Crippen LogP contribution in [0.25, 0.3) is 0 Å². The Balaban J connectivity index is 2.29. The van der Waals surface area contributed by atoms with E-state index in [4.69, 9.17) is 5.11 Å². The average molecular weight is 283 g/mol. The molecule has 0 atom stereocenters. The highest BCUT2D eigenvalue weighted by Crippen LogP contribution is 2.19. The van der Waals surface area contributed by atoms with E-state index in [9.17, 15) is 4.39 Å². The zero-order chi connectivity index (χ0) is 15.1. The van der Waals surface area contributed by atoms with Gasteiger partial charge >= 0.3 is 0 Å². The Kier molecular flexibility index (Phi) is 5.36. The van der Waals surface area contributed by atoms with Gasteiger partial charge in [-0.2, -0.15) is 0 Å². The van der Waals surface area contributed by atoms with Gasteiger partial charge in [0, 0.05) is 24.3 Å². The number of halogens is 1. The van der Waals surface area contributed by atoms with Gasteiger partial charge in [0.15, 0.2) is 0 Å². The Morgan fingerprint density at radius 1 is 1.14 bits per heavy atom. The third-order valence-electron chi connectivity index (χ3n) is 3.24. The standard InChI is InChI=1S/C18H18FNO/c1-2-20(18-8-4-3-5-9-18)14-16-10-11-17(19)13-15(16)7-6-12-21/h3-5,8-11,13,21H,2,12,14H2,1H3. The number of aliphatic hydroxyl groups is 1. The van der Waals surface area contributed by atoms with Crippen LogP contribution in [-0.2, 0) is 6.54 Å². The molecule has 0 aliphatic carbocycles. The fourth-order valence-corrected chi connectivity index (χ4v) is 2.17. The molecule has 108 valence electrons. The lowest BCUT2D eigenvalue weighted by Crippen LogP contribution is -2.22. The highest BCUT2D eigenvalue weighted by atomic mass is 19.1. The maximum atomic E-state index is 13.4. The zero-order valence-corrected chi connectivity index (χ0v) is 12.0. The van der Waals surface area contributed by atoms with Crippen LogP contribution < -0.4 is 4.90 Å². The normalized spacial score (nSPS) is 9.86. The molecule has 0 amide bonds. The summed E-state index contributed by atoms with van der Waals surface area (Å²) in [7, 11) is 0. The smallest absolute Gasteiger partial charge is 0.124 e. The third kappa shape index (κ3) is 4.08. The minimum absolute atomic E-state index is 0.230. The topological polar surface area (TPSA) is 23.5 Å². The van der Waals surface area contributed by atoms with E-state index in [2.05, 4.69) is 23.7 Å². The Morgan fingerprint density at radius 2 is 1.90 bits per heavy atom. The van der Waals surface area contributed by atoms with Crippen LogP contribution in [0.1, 0.15) is 18.1 Å². The van der Waals surface area contributed by atoms with Crippen LogP contribution in [0.15, 0.2) is 48.5 Å². The van der Waals surface area contributed by atoms with Gasteiger partial charge in [-0.05, 0) is 36.8 Å². The van der Waals surface area contributed by atoms with Gasteiger partial charge in [0.2, 0.25) is 0 Å². The number of rotatable bonds is 4. The first-order valence-corrected chi connectivity index (χ1v) is 6.92. The quantitative estimate of drug-likeness (QED) is 0.871. The number of hydrogen-bond acceptors (Lipinski definition) is 2. The van der Waals surface area contributed by atoms with Gasteiger partial charge < -0.3 is 10.0 Å². The lowest BCUT2D eigenvalue weighted by atomic mass is 10.1. The molecule has 0 aromatic heterocycles. The van der Waals surface area contributed by atoms with Crippen molar-refractivity contribution >= 4 is 5.69 Å². The summed E-state index contributed by atoms with van der Waals surface area (Å²) < 4.78 is 13.4. The van der Waals surface area contributed by atoms with Crippen molar-refractivity contribution in [3.8, 4) is 11.8 Å². The van der Waals surface area contributed by atoms with E-state index >= 15 is 0 Å². The van der Waals surface area contributed by atoms with Crippen molar-refractivity contribution in [2.45, 2.75) is 13.5 Å². The van der Waals surface area contributed by atoms with Crippen molar-refractivity contribution in [2.24, 2.45) is 0 Å². The molecule has 0 unspecified atom stereocenters. The first kappa shape index (κ1) is 15.1. The number of anilines is 1. The van der Waals surface area contributed by atoms with E-state index in [0.717, 1.165) is 17.8 Å². The Labute approximate surface area is 124 Å². The highest BCUT2D eigenvalue weighted by molar-refractivity contribution is 5.49. The van der Waals surface area contributed by atoms with Crippen LogP contribution in [0, 0.1) is 17.7 Å². The number of aliphatic hydroxyl groups excluding tert-OH is 1. The first-order chi connectivity index (χ1) is 10.2. The maximum absolute atomic E-state index is 13.4. The third-order valence-corrected chi connectivity index (χ3v) is 3.24. The average Bonchev–Trinajstić information content (AvgIpc) is 2.53. The van der Waals surface area contributed by atoms with Gasteiger partial charge in [-0.3, -0.25) is 0 Å². The minimum atomic E-state index is -0.316. The lowest BCUT2D eigenvalue weighted by Gasteiger charge is -2.23. The summed E-state index contributed by atoms with van der Waals surface area (Å²) >= 11 is 0. The number of benzene rings is 2. The van der Waals surface area contributed by atoms with Crippen molar-refractivity contribution < 1.29 is 9.50 Å². The van der Waals surface area contributed by atoms with Crippen LogP contribution >= 0.6 is 0 Å². The molecule has 0 aliphatic heterocycles. The van der Waals surface area contributed by atoms with E-state index in [-0.39, 0.29) is 12.4 Å². The van der Waals surface area contributed by atoms with Gasteiger partial charge in [0.05, 0.1) is 0 Å². The second-order valence-corrected chi connectivity index (χ2v) is 4.61. The molecule has 0 bridgehead atoms. The van der Waals surface area contributed by atoms with Crippen LogP contribution in [0.3, 0.4) is 0 Å². The first-order valence-electron chi connectivity index (χ1n) is 6.92. The summed E-state index contributed by atoms with van der Waals surface area (Å²) in [5.41, 5.74) is 2.69. The molecule has 2 aromatic carbocycles. The molecule has 0 heterocycles. The monoisotopic (exact) mass is 283 g/mol. The SMILES string of the molecule is CCN(Cc1ccc(F)cc1C#CCO)c1ccccc1. The molecule has 2 aromatic rings. The summed E-state index contributed by atoms with van der Waals surface area (Å²) in [6.45, 7) is 3.34. The van der Waals surface area contributed by atoms with E-state index < -0.39 is 0 Å². The Bertz CT molecular complexity index is 643. The molecule has 0 saturated carbocycles. The number of para-hydroxylation sites is 1. The summed E-state index contributed by atoms with van der Waals surface area (Å²) in [6.07, 6.45) is 0. The van der Waals surface area contributed by atoms with Gasteiger partial charge in [0.25, 0.3) is 0 Å². The Morgan fingerprint density at radius 3 is 2.57 bits per heavy atom. The molecule has 0 aliphatic rings. The van der Waals surface area contributed by atoms with Gasteiger partial charge in [-0.1, -0.05) is 36.1 Å². The molecule has 21 heavy (non-hydrogen) atoms. The van der Waals surface area contributed by atoms with Gasteiger partial charge in [-0.15, -0.1) is 0 Å². The van der Waals surface area contributed by atoms with Crippen LogP contribution in [0.5, 0.6) is 0 Å². The van der Waals surface area contributed by atoms with Crippen molar-refractivity contribution in [3.05, 3.63) is 65.5 Å². The van der Waals surface area contributed by atoms with E-state index in [1.165, 1.54) is 12.1 Å². The predicted molar refractivity (Wildman–Crippen MR) is 83.5 cm³/mol. The van der Waals surface area contributed by atoms with Crippen molar-refractivity contribution in [3.63, 3.8) is 0 Å². The highest BCUT2D eigenvalue weighted by Gasteiger charge is 2.08. The maximum Gasteiger partial charge on any atom is 0.124 e. The summed E-state index contributed by atoms with van der Waals surface area (Å²) in [5, 5.41) is 8.82. The molecule has 3 heteroatoms. The predicted octanol–water partition coefficient (Wildman–Crippen LogP) is 3.20. The molecule has 2 rings (SSSR count). The summed E-state index contributed by atoms with van der Waals surface area (Å²) in [5.74, 6) is 5.09. The molecule has 1 N–H and O–H groups in total. The largest absolute Gasteiger partial charge is 0.384 e. The van der Waals surface area contributed by atoms with Crippen LogP contribution in [0.2, 0.25) is 0 Å². The fourth-order valence-electron chi connectivity index (χ4n) is 2.17. The number of hydrogen-bond donors (Lipinski definition) is 1. The summed E-state index contributed by atoms with van der Waals surface area (Å²) in [4.78, 5) is 2.19. The van der Waals surface area contributed by atoms with Crippen molar-refractivity contribution in [1.29, 1.82) is 0 Å². The molecule has 0 radical (unpaired) electrons. The lowest BCUT2D eigenvalue weighted by molar-refractivity contribution is 0.350. The molecule has 2 nitrogen and oxygen atoms in total. The van der Waals surface area contributed by atoms with E-state index in [0.29, 0.717) is 12.1 Å². The van der Waals surface area contributed by atoms with Crippen molar-refractivity contribution in [2.75, 3.05) is 18.1 Å². The second kappa shape index (κ2) is 7.47. The molecule has 0 spiro atoms. The minimum Gasteiger partial charge on any atom is -0.384 e. The number of nitrogens with zero attached hydrogens (tertiary/aromatic N) is 1. The molecule has 0 fully saturated rings. The van der Waals surface area contributed by atoms with Gasteiger partial charge in [-0.25, -0.2) is 4.39 Å². The zero-order valence-electron chi connectivity index (χ0n) is 12.0. The van der Waals surface area contributed by atoms with Crippen molar-refractivity contribution in [1.82, 2.24) is 0 Å². The fraction of sp³-hybridized carbons (Fsp3) is 0.222. The van der Waals surface area contributed by atoms with Gasteiger partial charge in [0.1, 0.15) is 12.4 Å². The Hall–Kier alpha value is -2.31. The van der Waals surface area contributed by atoms with E-state index in [1.54, 1.807) is 6.07 Å². The molecular weight excluding hydrogens is 265 g/mol. The van der Waals surface area contributed by atoms with E-state index in [1.807, 2.05) is 30.3 Å².